The van der Waals surface area contributed by atoms with Gasteiger partial charge < -0.3 is 5.32 Å². The molecule has 0 heterocycles. The molecule has 0 rings (SSSR count). The fraction of sp³-hybridized carbons (Fsp3) is 1.00. The minimum atomic E-state index is -0.0310. The molecule has 1 atom stereocenters. The quantitative estimate of drug-likeness (QED) is 0.565. The lowest BCUT2D eigenvalue weighted by atomic mass is 10.2. The molecule has 0 amide bonds. The standard InChI is InChI=1S/C8H19N2/c1-3-5-7-10-8(9)6-4-2/h8-10H,3-7H2,1-2H3. The van der Waals surface area contributed by atoms with E-state index in [1.165, 1.54) is 12.8 Å². The Hall–Kier alpha value is -0.0800. The Labute approximate surface area is 64.2 Å². The van der Waals surface area contributed by atoms with E-state index in [0.717, 1.165) is 19.4 Å². The van der Waals surface area contributed by atoms with Crippen LogP contribution in [0.15, 0.2) is 0 Å². The molecule has 0 saturated heterocycles. The van der Waals surface area contributed by atoms with Crippen LogP contribution in [0.2, 0.25) is 0 Å². The molecule has 2 N–H and O–H groups in total. The van der Waals surface area contributed by atoms with Crippen molar-refractivity contribution in [3.8, 4) is 0 Å². The Morgan fingerprint density at radius 1 is 1.30 bits per heavy atom. The second-order valence-corrected chi connectivity index (χ2v) is 2.65. The van der Waals surface area contributed by atoms with Crippen molar-refractivity contribution in [2.45, 2.75) is 45.7 Å². The molecule has 2 nitrogen and oxygen atoms in total. The number of hydrogen-bond acceptors (Lipinski definition) is 1. The maximum absolute atomic E-state index is 7.44. The largest absolute Gasteiger partial charge is 0.301 e. The molecule has 0 aromatic heterocycles. The molecule has 61 valence electrons. The first-order chi connectivity index (χ1) is 4.81. The first kappa shape index (κ1) is 9.92. The van der Waals surface area contributed by atoms with E-state index in [4.69, 9.17) is 5.73 Å². The van der Waals surface area contributed by atoms with E-state index in [2.05, 4.69) is 19.2 Å². The van der Waals surface area contributed by atoms with Crippen LogP contribution >= 0.6 is 0 Å². The van der Waals surface area contributed by atoms with Gasteiger partial charge in [-0.3, -0.25) is 0 Å². The normalized spacial score (nSPS) is 13.5. The van der Waals surface area contributed by atoms with Crippen molar-refractivity contribution in [1.29, 1.82) is 0 Å². The Bertz CT molecular complexity index is 64.3. The van der Waals surface area contributed by atoms with Gasteiger partial charge >= 0.3 is 0 Å². The van der Waals surface area contributed by atoms with E-state index < -0.39 is 0 Å². The highest BCUT2D eigenvalue weighted by Crippen LogP contribution is 1.91. The van der Waals surface area contributed by atoms with E-state index in [9.17, 15) is 0 Å². The molecule has 1 radical (unpaired) electrons. The SMILES string of the molecule is CCCCNC([NH])CCC. The van der Waals surface area contributed by atoms with E-state index in [1.54, 1.807) is 0 Å². The van der Waals surface area contributed by atoms with Crippen molar-refractivity contribution in [2.24, 2.45) is 0 Å². The Morgan fingerprint density at radius 3 is 2.50 bits per heavy atom. The second-order valence-electron chi connectivity index (χ2n) is 2.65. The minimum Gasteiger partial charge on any atom is -0.301 e. The number of unbranched alkanes of at least 4 members (excludes halogenated alkanes) is 1. The van der Waals surface area contributed by atoms with Crippen molar-refractivity contribution >= 4 is 0 Å². The molecule has 2 heteroatoms. The summed E-state index contributed by atoms with van der Waals surface area (Å²) in [5, 5.41) is 3.15. The highest BCUT2D eigenvalue weighted by Gasteiger charge is 1.97. The third-order valence-corrected chi connectivity index (χ3v) is 1.50. The zero-order valence-electron chi connectivity index (χ0n) is 7.11. The lowest BCUT2D eigenvalue weighted by molar-refractivity contribution is 0.470. The average molecular weight is 143 g/mol. The molecule has 0 saturated carbocycles. The van der Waals surface area contributed by atoms with Crippen molar-refractivity contribution in [3.05, 3.63) is 0 Å². The molecule has 0 fully saturated rings. The zero-order valence-corrected chi connectivity index (χ0v) is 7.11. The molecule has 0 aliphatic heterocycles. The Kier molecular flexibility index (Phi) is 6.98. The number of rotatable bonds is 6. The smallest absolute Gasteiger partial charge is 0.0704 e. The summed E-state index contributed by atoms with van der Waals surface area (Å²) >= 11 is 0. The summed E-state index contributed by atoms with van der Waals surface area (Å²) in [4.78, 5) is 0. The number of hydrogen-bond donors (Lipinski definition) is 1. The summed E-state index contributed by atoms with van der Waals surface area (Å²) < 4.78 is 0. The summed E-state index contributed by atoms with van der Waals surface area (Å²) in [5.41, 5.74) is 7.44. The summed E-state index contributed by atoms with van der Waals surface area (Å²) in [6, 6.07) is 0. The fourth-order valence-corrected chi connectivity index (χ4v) is 0.844. The zero-order chi connectivity index (χ0) is 7.82. The molecule has 1 unspecified atom stereocenters. The molecular formula is C8H19N2. The highest BCUT2D eigenvalue weighted by molar-refractivity contribution is 4.55. The van der Waals surface area contributed by atoms with Crippen molar-refractivity contribution < 1.29 is 0 Å². The lowest BCUT2D eigenvalue weighted by Crippen LogP contribution is -2.30. The first-order valence-electron chi connectivity index (χ1n) is 4.25. The fourth-order valence-electron chi connectivity index (χ4n) is 0.844. The van der Waals surface area contributed by atoms with Gasteiger partial charge in [0, 0.05) is 0 Å². The highest BCUT2D eigenvalue weighted by atomic mass is 15.0. The van der Waals surface area contributed by atoms with Gasteiger partial charge in [-0.25, -0.2) is 5.73 Å². The molecule has 0 aromatic carbocycles. The maximum atomic E-state index is 7.44. The number of nitrogens with one attached hydrogen (secondary N) is 2. The monoisotopic (exact) mass is 143 g/mol. The lowest BCUT2D eigenvalue weighted by Gasteiger charge is -2.10. The van der Waals surface area contributed by atoms with Gasteiger partial charge in [-0.15, -0.1) is 0 Å². The van der Waals surface area contributed by atoms with E-state index >= 15 is 0 Å². The Balaban J connectivity index is 2.97. The molecule has 0 spiro atoms. The summed E-state index contributed by atoms with van der Waals surface area (Å²) in [6.45, 7) is 5.29. The molecular weight excluding hydrogens is 124 g/mol. The van der Waals surface area contributed by atoms with Crippen molar-refractivity contribution in [3.63, 3.8) is 0 Å². The van der Waals surface area contributed by atoms with Crippen LogP contribution in [-0.2, 0) is 0 Å². The molecule has 10 heavy (non-hydrogen) atoms. The molecule has 0 aliphatic rings. The molecule has 0 aliphatic carbocycles. The summed E-state index contributed by atoms with van der Waals surface area (Å²) in [5.74, 6) is 0. The minimum absolute atomic E-state index is 0.0310. The van der Waals surface area contributed by atoms with Crippen LogP contribution in [0.3, 0.4) is 0 Å². The van der Waals surface area contributed by atoms with E-state index in [1.807, 2.05) is 0 Å². The van der Waals surface area contributed by atoms with Gasteiger partial charge in [-0.1, -0.05) is 26.7 Å². The van der Waals surface area contributed by atoms with Crippen LogP contribution in [0.1, 0.15) is 39.5 Å². The van der Waals surface area contributed by atoms with Gasteiger partial charge in [0.2, 0.25) is 0 Å². The van der Waals surface area contributed by atoms with E-state index in [0.29, 0.717) is 0 Å². The average Bonchev–Trinajstić information content (AvgIpc) is 1.89. The van der Waals surface area contributed by atoms with Gasteiger partial charge in [0.05, 0.1) is 6.17 Å². The van der Waals surface area contributed by atoms with Gasteiger partial charge in [-0.05, 0) is 19.4 Å². The van der Waals surface area contributed by atoms with Crippen molar-refractivity contribution in [2.75, 3.05) is 6.54 Å². The van der Waals surface area contributed by atoms with Crippen LogP contribution in [0.5, 0.6) is 0 Å². The van der Waals surface area contributed by atoms with Crippen LogP contribution in [0, 0.1) is 0 Å². The van der Waals surface area contributed by atoms with Crippen LogP contribution in [0.4, 0.5) is 0 Å². The third-order valence-electron chi connectivity index (χ3n) is 1.50. The predicted molar refractivity (Wildman–Crippen MR) is 44.7 cm³/mol. The van der Waals surface area contributed by atoms with Crippen molar-refractivity contribution in [1.82, 2.24) is 11.1 Å². The molecule has 0 aromatic rings. The van der Waals surface area contributed by atoms with Crippen LogP contribution in [0.25, 0.3) is 0 Å². The Morgan fingerprint density at radius 2 is 2.00 bits per heavy atom. The summed E-state index contributed by atoms with van der Waals surface area (Å²) in [7, 11) is 0. The first-order valence-corrected chi connectivity index (χ1v) is 4.25. The van der Waals surface area contributed by atoms with E-state index in [-0.39, 0.29) is 6.17 Å². The van der Waals surface area contributed by atoms with Crippen LogP contribution in [-0.4, -0.2) is 12.7 Å². The van der Waals surface area contributed by atoms with Gasteiger partial charge in [-0.2, -0.15) is 0 Å². The molecule has 0 bridgehead atoms. The topological polar surface area (TPSA) is 35.8 Å². The summed E-state index contributed by atoms with van der Waals surface area (Å²) in [6.07, 6.45) is 4.46. The maximum Gasteiger partial charge on any atom is 0.0704 e. The third kappa shape index (κ3) is 6.05. The van der Waals surface area contributed by atoms with Crippen LogP contribution < -0.4 is 11.1 Å². The van der Waals surface area contributed by atoms with Gasteiger partial charge in [0.15, 0.2) is 0 Å². The predicted octanol–water partition coefficient (Wildman–Crippen LogP) is 1.79. The van der Waals surface area contributed by atoms with Gasteiger partial charge in [0.1, 0.15) is 0 Å². The second kappa shape index (κ2) is 7.03. The van der Waals surface area contributed by atoms with Gasteiger partial charge in [0.25, 0.3) is 0 Å².